The van der Waals surface area contributed by atoms with Crippen molar-refractivity contribution in [3.05, 3.63) is 41.0 Å². The van der Waals surface area contributed by atoms with Crippen LogP contribution in [0.5, 0.6) is 5.75 Å². The molecule has 5 rings (SSSR count). The van der Waals surface area contributed by atoms with Crippen molar-refractivity contribution >= 4 is 5.91 Å². The maximum atomic E-state index is 13.3. The zero-order chi connectivity index (χ0) is 19.3. The molecule has 3 heteroatoms. The first-order valence-corrected chi connectivity index (χ1v) is 11.3. The smallest absolute Gasteiger partial charge is 0.250 e. The van der Waals surface area contributed by atoms with Crippen LogP contribution in [0.2, 0.25) is 0 Å². The fraction of sp³-hybridized carbons (Fsp3) is 0.640. The maximum absolute atomic E-state index is 13.3. The van der Waals surface area contributed by atoms with Gasteiger partial charge in [0.05, 0.1) is 7.11 Å². The minimum atomic E-state index is 0.0830. The summed E-state index contributed by atoms with van der Waals surface area (Å²) in [5.74, 6) is 3.33. The molecule has 0 N–H and O–H groups in total. The molecule has 4 aliphatic rings. The number of nitrogens with zero attached hydrogens (tertiary/aromatic N) is 1. The predicted molar refractivity (Wildman–Crippen MR) is 112 cm³/mol. The summed E-state index contributed by atoms with van der Waals surface area (Å²) in [6.07, 6.45) is 11.8. The van der Waals surface area contributed by atoms with Gasteiger partial charge in [-0.2, -0.15) is 0 Å². The lowest BCUT2D eigenvalue weighted by Crippen LogP contribution is -2.45. The Labute approximate surface area is 169 Å². The van der Waals surface area contributed by atoms with E-state index in [1.807, 2.05) is 0 Å². The van der Waals surface area contributed by atoms with E-state index in [0.717, 1.165) is 43.7 Å². The van der Waals surface area contributed by atoms with Gasteiger partial charge in [-0.15, -0.1) is 0 Å². The molecule has 0 bridgehead atoms. The molecule has 1 aromatic rings. The van der Waals surface area contributed by atoms with E-state index in [1.54, 1.807) is 12.7 Å². The van der Waals surface area contributed by atoms with Crippen molar-refractivity contribution in [2.24, 2.45) is 17.3 Å². The second-order valence-corrected chi connectivity index (χ2v) is 9.64. The molecule has 28 heavy (non-hydrogen) atoms. The number of ether oxygens (including phenoxy) is 1. The standard InChI is InChI=1S/C25H33NO2/c1-25-13-12-20-19-9-7-18(28-2)16-17(19)6-8-21(20)22(25)10-11-23(25)24(27)26-14-4-3-5-15-26/h7,9,11,16,20-22H,3-6,8,10,12-15H2,1-2H3/t20-,21-,22+,25+/m1/s1. The summed E-state index contributed by atoms with van der Waals surface area (Å²) in [4.78, 5) is 15.5. The van der Waals surface area contributed by atoms with Gasteiger partial charge in [-0.3, -0.25) is 4.79 Å². The number of amides is 1. The van der Waals surface area contributed by atoms with Gasteiger partial charge in [0.15, 0.2) is 0 Å². The number of likely N-dealkylation sites (tertiary alicyclic amines) is 1. The van der Waals surface area contributed by atoms with Crippen molar-refractivity contribution < 1.29 is 9.53 Å². The van der Waals surface area contributed by atoms with Crippen LogP contribution in [0.1, 0.15) is 68.9 Å². The molecule has 0 spiro atoms. The van der Waals surface area contributed by atoms with Crippen LogP contribution in [0.3, 0.4) is 0 Å². The molecule has 0 aromatic heterocycles. The molecule has 3 aliphatic carbocycles. The maximum Gasteiger partial charge on any atom is 0.250 e. The first kappa shape index (κ1) is 18.3. The Morgan fingerprint density at radius 1 is 1.18 bits per heavy atom. The van der Waals surface area contributed by atoms with Gasteiger partial charge in [-0.05, 0) is 92.4 Å². The van der Waals surface area contributed by atoms with Crippen molar-refractivity contribution in [2.45, 2.75) is 64.2 Å². The highest BCUT2D eigenvalue weighted by molar-refractivity contribution is 5.95. The highest BCUT2D eigenvalue weighted by Gasteiger charge is 2.53. The minimum absolute atomic E-state index is 0.0830. The Bertz CT molecular complexity index is 807. The molecule has 0 radical (unpaired) electrons. The summed E-state index contributed by atoms with van der Waals surface area (Å²) in [6.45, 7) is 4.31. The predicted octanol–water partition coefficient (Wildman–Crippen LogP) is 5.10. The van der Waals surface area contributed by atoms with Gasteiger partial charge < -0.3 is 9.64 Å². The van der Waals surface area contributed by atoms with Gasteiger partial charge in [0.2, 0.25) is 5.91 Å². The van der Waals surface area contributed by atoms with E-state index in [9.17, 15) is 4.79 Å². The number of carbonyl (C=O) groups excluding carboxylic acids is 1. The van der Waals surface area contributed by atoms with Crippen molar-refractivity contribution in [3.63, 3.8) is 0 Å². The molecule has 2 fully saturated rings. The SMILES string of the molecule is COc1ccc2c(c1)CC[C@@H]1[C@@H]2CC[C@]2(C)C(C(=O)N3CCCCC3)=CC[C@@H]12. The summed E-state index contributed by atoms with van der Waals surface area (Å²) in [5, 5.41) is 0. The zero-order valence-electron chi connectivity index (χ0n) is 17.4. The van der Waals surface area contributed by atoms with Crippen LogP contribution in [0.25, 0.3) is 0 Å². The van der Waals surface area contributed by atoms with Crippen molar-refractivity contribution in [3.8, 4) is 5.75 Å². The van der Waals surface area contributed by atoms with Gasteiger partial charge >= 0.3 is 0 Å². The van der Waals surface area contributed by atoms with Crippen LogP contribution in [-0.4, -0.2) is 31.0 Å². The first-order valence-electron chi connectivity index (χ1n) is 11.3. The third-order valence-electron chi connectivity index (χ3n) is 8.39. The average molecular weight is 380 g/mol. The van der Waals surface area contributed by atoms with Gasteiger partial charge in [-0.1, -0.05) is 19.1 Å². The normalized spacial score (nSPS) is 34.1. The Balaban J connectivity index is 1.39. The van der Waals surface area contributed by atoms with Gasteiger partial charge in [0.1, 0.15) is 5.75 Å². The largest absolute Gasteiger partial charge is 0.497 e. The third kappa shape index (κ3) is 2.73. The second-order valence-electron chi connectivity index (χ2n) is 9.64. The Hall–Kier alpha value is -1.77. The van der Waals surface area contributed by atoms with Crippen molar-refractivity contribution in [2.75, 3.05) is 20.2 Å². The molecule has 4 atom stereocenters. The van der Waals surface area contributed by atoms with E-state index in [4.69, 9.17) is 4.74 Å². The lowest BCUT2D eigenvalue weighted by Gasteiger charge is -2.50. The van der Waals surface area contributed by atoms with Gasteiger partial charge in [0.25, 0.3) is 0 Å². The molecule has 1 aliphatic heterocycles. The van der Waals surface area contributed by atoms with E-state index in [-0.39, 0.29) is 5.41 Å². The molecular formula is C25H33NO2. The minimum Gasteiger partial charge on any atom is -0.497 e. The van der Waals surface area contributed by atoms with Crippen LogP contribution in [0, 0.1) is 17.3 Å². The van der Waals surface area contributed by atoms with Crippen molar-refractivity contribution in [1.29, 1.82) is 0 Å². The van der Waals surface area contributed by atoms with Gasteiger partial charge in [0, 0.05) is 24.1 Å². The summed E-state index contributed by atoms with van der Waals surface area (Å²) in [5.41, 5.74) is 4.27. The monoisotopic (exact) mass is 379 g/mol. The highest BCUT2D eigenvalue weighted by Crippen LogP contribution is 2.61. The Kier molecular flexibility index (Phi) is 4.52. The average Bonchev–Trinajstić information content (AvgIpc) is 3.10. The number of aryl methyl sites for hydroxylation is 1. The summed E-state index contributed by atoms with van der Waals surface area (Å²) in [6, 6.07) is 6.70. The number of carbonyl (C=O) groups is 1. The molecule has 1 aromatic carbocycles. The molecule has 1 saturated heterocycles. The van der Waals surface area contributed by atoms with Crippen LogP contribution in [0.4, 0.5) is 0 Å². The lowest BCUT2D eigenvalue weighted by atomic mass is 9.54. The van der Waals surface area contributed by atoms with Crippen LogP contribution >= 0.6 is 0 Å². The first-order chi connectivity index (χ1) is 13.6. The number of benzene rings is 1. The van der Waals surface area contributed by atoms with E-state index in [0.29, 0.717) is 23.7 Å². The zero-order valence-corrected chi connectivity index (χ0v) is 17.4. The van der Waals surface area contributed by atoms with Gasteiger partial charge in [-0.25, -0.2) is 0 Å². The fourth-order valence-electron chi connectivity index (χ4n) is 6.85. The second kappa shape index (κ2) is 6.93. The number of rotatable bonds is 2. The quantitative estimate of drug-likeness (QED) is 0.715. The number of allylic oxidation sites excluding steroid dienone is 1. The van der Waals surface area contributed by atoms with E-state index in [2.05, 4.69) is 36.1 Å². The Morgan fingerprint density at radius 3 is 2.79 bits per heavy atom. The van der Waals surface area contributed by atoms with Crippen LogP contribution in [-0.2, 0) is 11.2 Å². The summed E-state index contributed by atoms with van der Waals surface area (Å²) >= 11 is 0. The molecule has 1 amide bonds. The number of piperidine rings is 1. The number of hydrogen-bond donors (Lipinski definition) is 0. The summed E-state index contributed by atoms with van der Waals surface area (Å²) < 4.78 is 5.45. The fourth-order valence-corrected chi connectivity index (χ4v) is 6.85. The van der Waals surface area contributed by atoms with E-state index >= 15 is 0 Å². The molecule has 150 valence electrons. The molecule has 1 saturated carbocycles. The molecule has 0 unspecified atom stereocenters. The number of fused-ring (bicyclic) bond motifs is 5. The molecule has 3 nitrogen and oxygen atoms in total. The summed E-state index contributed by atoms with van der Waals surface area (Å²) in [7, 11) is 1.75. The van der Waals surface area contributed by atoms with E-state index < -0.39 is 0 Å². The van der Waals surface area contributed by atoms with Crippen LogP contribution in [0.15, 0.2) is 29.8 Å². The molecule has 1 heterocycles. The van der Waals surface area contributed by atoms with Crippen molar-refractivity contribution in [1.82, 2.24) is 4.90 Å². The highest BCUT2D eigenvalue weighted by atomic mass is 16.5. The third-order valence-corrected chi connectivity index (χ3v) is 8.39. The van der Waals surface area contributed by atoms with Crippen LogP contribution < -0.4 is 4.74 Å². The Morgan fingerprint density at radius 2 is 2.00 bits per heavy atom. The lowest BCUT2D eigenvalue weighted by molar-refractivity contribution is -0.129. The van der Waals surface area contributed by atoms with E-state index in [1.165, 1.54) is 37.7 Å². The number of methoxy groups -OCH3 is 1. The molecular weight excluding hydrogens is 346 g/mol. The number of hydrogen-bond acceptors (Lipinski definition) is 2. The topological polar surface area (TPSA) is 29.5 Å².